The number of carbonyl (C=O) groups excluding carboxylic acids is 1. The molecule has 0 spiro atoms. The number of nitrogens with zero attached hydrogens (tertiary/aromatic N) is 1. The average Bonchev–Trinajstić information content (AvgIpc) is 2.65. The minimum absolute atomic E-state index is 0.137. The number of carbonyl (C=O) groups is 1. The lowest BCUT2D eigenvalue weighted by molar-refractivity contribution is -0.135. The standard InChI is InChI=1S/C13H26N2O/c1-5-7-13(4,14)12(16)15-8-6-11(9-15)10(2)3/h10-11H,5-9,14H2,1-4H3. The molecule has 1 amide bonds. The molecule has 0 aromatic rings. The first-order valence-electron chi connectivity index (χ1n) is 6.46. The monoisotopic (exact) mass is 226 g/mol. The van der Waals surface area contributed by atoms with Crippen molar-refractivity contribution in [3.63, 3.8) is 0 Å². The highest BCUT2D eigenvalue weighted by atomic mass is 16.2. The molecule has 2 N–H and O–H groups in total. The topological polar surface area (TPSA) is 46.3 Å². The molecule has 1 fully saturated rings. The Bertz CT molecular complexity index is 248. The third-order valence-electron chi connectivity index (χ3n) is 3.71. The van der Waals surface area contributed by atoms with Gasteiger partial charge in [-0.05, 0) is 31.6 Å². The summed E-state index contributed by atoms with van der Waals surface area (Å²) in [4.78, 5) is 14.2. The highest BCUT2D eigenvalue weighted by Gasteiger charge is 2.36. The maximum atomic E-state index is 12.2. The number of rotatable bonds is 4. The molecule has 0 bridgehead atoms. The van der Waals surface area contributed by atoms with Gasteiger partial charge in [0.25, 0.3) is 0 Å². The van der Waals surface area contributed by atoms with Crippen molar-refractivity contribution in [2.75, 3.05) is 13.1 Å². The summed E-state index contributed by atoms with van der Waals surface area (Å²) in [7, 11) is 0. The van der Waals surface area contributed by atoms with Crippen molar-refractivity contribution in [3.05, 3.63) is 0 Å². The average molecular weight is 226 g/mol. The van der Waals surface area contributed by atoms with Crippen molar-refractivity contribution in [1.82, 2.24) is 4.90 Å². The van der Waals surface area contributed by atoms with E-state index in [1.54, 1.807) is 0 Å². The van der Waals surface area contributed by atoms with Crippen LogP contribution in [0.25, 0.3) is 0 Å². The summed E-state index contributed by atoms with van der Waals surface area (Å²) >= 11 is 0. The fourth-order valence-corrected chi connectivity index (χ4v) is 2.50. The first-order valence-corrected chi connectivity index (χ1v) is 6.46. The van der Waals surface area contributed by atoms with Crippen molar-refractivity contribution in [2.24, 2.45) is 17.6 Å². The maximum absolute atomic E-state index is 12.2. The van der Waals surface area contributed by atoms with Crippen molar-refractivity contribution in [2.45, 2.75) is 52.5 Å². The summed E-state index contributed by atoms with van der Waals surface area (Å²) in [5, 5.41) is 0. The van der Waals surface area contributed by atoms with Gasteiger partial charge in [-0.15, -0.1) is 0 Å². The molecule has 1 heterocycles. The van der Waals surface area contributed by atoms with Crippen LogP contribution in [0.3, 0.4) is 0 Å². The number of amides is 1. The molecule has 0 radical (unpaired) electrons. The zero-order chi connectivity index (χ0) is 12.3. The second-order valence-corrected chi connectivity index (χ2v) is 5.71. The molecule has 3 nitrogen and oxygen atoms in total. The summed E-state index contributed by atoms with van der Waals surface area (Å²) in [6.07, 6.45) is 2.86. The van der Waals surface area contributed by atoms with E-state index in [-0.39, 0.29) is 5.91 Å². The second kappa shape index (κ2) is 5.17. The van der Waals surface area contributed by atoms with Gasteiger partial charge in [0.15, 0.2) is 0 Å². The zero-order valence-electron chi connectivity index (χ0n) is 11.1. The van der Waals surface area contributed by atoms with E-state index < -0.39 is 5.54 Å². The molecule has 0 aromatic heterocycles. The predicted octanol–water partition coefficient (Wildman–Crippen LogP) is 2.01. The fraction of sp³-hybridized carbons (Fsp3) is 0.923. The van der Waals surface area contributed by atoms with Crippen LogP contribution in [0.1, 0.15) is 47.0 Å². The summed E-state index contributed by atoms with van der Waals surface area (Å²) in [6.45, 7) is 10.2. The van der Waals surface area contributed by atoms with Crippen LogP contribution in [0.2, 0.25) is 0 Å². The van der Waals surface area contributed by atoms with Gasteiger partial charge < -0.3 is 10.6 Å². The Morgan fingerprint density at radius 2 is 2.19 bits per heavy atom. The lowest BCUT2D eigenvalue weighted by atomic mass is 9.94. The third-order valence-corrected chi connectivity index (χ3v) is 3.71. The summed E-state index contributed by atoms with van der Waals surface area (Å²) in [6, 6.07) is 0. The Morgan fingerprint density at radius 1 is 1.56 bits per heavy atom. The Hall–Kier alpha value is -0.570. The Balaban J connectivity index is 2.57. The quantitative estimate of drug-likeness (QED) is 0.797. The van der Waals surface area contributed by atoms with Crippen molar-refractivity contribution in [1.29, 1.82) is 0 Å². The molecule has 0 aromatic carbocycles. The molecule has 1 rings (SSSR count). The molecular formula is C13H26N2O. The van der Waals surface area contributed by atoms with Gasteiger partial charge in [0.2, 0.25) is 5.91 Å². The van der Waals surface area contributed by atoms with E-state index in [9.17, 15) is 4.79 Å². The lowest BCUT2D eigenvalue weighted by Crippen LogP contribution is -2.52. The molecule has 1 saturated heterocycles. The van der Waals surface area contributed by atoms with Crippen LogP contribution >= 0.6 is 0 Å². The van der Waals surface area contributed by atoms with Crippen molar-refractivity contribution in [3.8, 4) is 0 Å². The van der Waals surface area contributed by atoms with E-state index in [0.717, 1.165) is 32.4 Å². The molecule has 1 aliphatic rings. The molecule has 2 atom stereocenters. The highest BCUT2D eigenvalue weighted by Crippen LogP contribution is 2.26. The van der Waals surface area contributed by atoms with Crippen LogP contribution in [0, 0.1) is 11.8 Å². The number of hydrogen-bond donors (Lipinski definition) is 1. The first kappa shape index (κ1) is 13.5. The van der Waals surface area contributed by atoms with Crippen LogP contribution in [-0.2, 0) is 4.79 Å². The summed E-state index contributed by atoms with van der Waals surface area (Å²) < 4.78 is 0. The maximum Gasteiger partial charge on any atom is 0.242 e. The van der Waals surface area contributed by atoms with Gasteiger partial charge in [-0.2, -0.15) is 0 Å². The molecule has 0 aliphatic carbocycles. The van der Waals surface area contributed by atoms with Crippen LogP contribution in [-0.4, -0.2) is 29.4 Å². The van der Waals surface area contributed by atoms with Crippen LogP contribution in [0.4, 0.5) is 0 Å². The summed E-state index contributed by atoms with van der Waals surface area (Å²) in [5.74, 6) is 1.45. The van der Waals surface area contributed by atoms with E-state index in [1.165, 1.54) is 0 Å². The minimum atomic E-state index is -0.666. The molecule has 2 unspecified atom stereocenters. The summed E-state index contributed by atoms with van der Waals surface area (Å²) in [5.41, 5.74) is 5.41. The van der Waals surface area contributed by atoms with Gasteiger partial charge in [0, 0.05) is 13.1 Å². The van der Waals surface area contributed by atoms with Crippen LogP contribution < -0.4 is 5.73 Å². The SMILES string of the molecule is CCCC(C)(N)C(=O)N1CCC(C(C)C)C1. The minimum Gasteiger partial charge on any atom is -0.341 e. The highest BCUT2D eigenvalue weighted by molar-refractivity contribution is 5.85. The van der Waals surface area contributed by atoms with E-state index in [1.807, 2.05) is 11.8 Å². The molecule has 0 saturated carbocycles. The lowest BCUT2D eigenvalue weighted by Gasteiger charge is -2.29. The molecule has 3 heteroatoms. The van der Waals surface area contributed by atoms with Gasteiger partial charge in [-0.25, -0.2) is 0 Å². The van der Waals surface area contributed by atoms with E-state index in [0.29, 0.717) is 11.8 Å². The van der Waals surface area contributed by atoms with Gasteiger partial charge >= 0.3 is 0 Å². The normalized spacial score (nSPS) is 24.9. The van der Waals surface area contributed by atoms with Gasteiger partial charge in [-0.3, -0.25) is 4.79 Å². The van der Waals surface area contributed by atoms with E-state index in [2.05, 4.69) is 20.8 Å². The fourth-order valence-electron chi connectivity index (χ4n) is 2.50. The van der Waals surface area contributed by atoms with Crippen LogP contribution in [0.5, 0.6) is 0 Å². The Labute approximate surface area is 99.4 Å². The predicted molar refractivity (Wildman–Crippen MR) is 67.0 cm³/mol. The zero-order valence-corrected chi connectivity index (χ0v) is 11.1. The van der Waals surface area contributed by atoms with E-state index >= 15 is 0 Å². The first-order chi connectivity index (χ1) is 7.38. The smallest absolute Gasteiger partial charge is 0.242 e. The third kappa shape index (κ3) is 2.97. The van der Waals surface area contributed by atoms with Gasteiger partial charge in [0.05, 0.1) is 5.54 Å². The molecule has 94 valence electrons. The largest absolute Gasteiger partial charge is 0.341 e. The molecular weight excluding hydrogens is 200 g/mol. The van der Waals surface area contributed by atoms with Gasteiger partial charge in [0.1, 0.15) is 0 Å². The molecule has 16 heavy (non-hydrogen) atoms. The van der Waals surface area contributed by atoms with Crippen LogP contribution in [0.15, 0.2) is 0 Å². The number of likely N-dealkylation sites (tertiary alicyclic amines) is 1. The Kier molecular flexibility index (Phi) is 4.36. The van der Waals surface area contributed by atoms with E-state index in [4.69, 9.17) is 5.73 Å². The second-order valence-electron chi connectivity index (χ2n) is 5.71. The molecule has 1 aliphatic heterocycles. The van der Waals surface area contributed by atoms with Gasteiger partial charge in [-0.1, -0.05) is 27.2 Å². The Morgan fingerprint density at radius 3 is 2.62 bits per heavy atom. The van der Waals surface area contributed by atoms with Crippen molar-refractivity contribution < 1.29 is 4.79 Å². The number of nitrogens with two attached hydrogens (primary N) is 1. The van der Waals surface area contributed by atoms with Crippen molar-refractivity contribution >= 4 is 5.91 Å². The number of hydrogen-bond acceptors (Lipinski definition) is 2.